The molecule has 0 aliphatic heterocycles. The number of aliphatic hydroxyl groups is 1. The van der Waals surface area contributed by atoms with Crippen LogP contribution in [0.15, 0.2) is 115 Å². The van der Waals surface area contributed by atoms with E-state index < -0.39 is 21.2 Å². The molecule has 0 spiro atoms. The predicted octanol–water partition coefficient (Wildman–Crippen LogP) is 2.56. The molecular formula is C25H22OPb. The van der Waals surface area contributed by atoms with Gasteiger partial charge in [0.15, 0.2) is 0 Å². The normalized spacial score (nSPS) is 11.3. The summed E-state index contributed by atoms with van der Waals surface area (Å²) in [6.07, 6.45) is 0. The second-order valence-corrected chi connectivity index (χ2v) is 21.5. The fourth-order valence-corrected chi connectivity index (χ4v) is 22.4. The molecule has 0 amide bonds. The van der Waals surface area contributed by atoms with E-state index in [9.17, 15) is 5.11 Å². The Morgan fingerprint density at radius 1 is 0.444 bits per heavy atom. The first-order chi connectivity index (χ1) is 13.4. The van der Waals surface area contributed by atoms with Crippen LogP contribution in [0.1, 0.15) is 5.56 Å². The Morgan fingerprint density at radius 2 is 0.778 bits per heavy atom. The van der Waals surface area contributed by atoms with Gasteiger partial charge in [0.05, 0.1) is 0 Å². The van der Waals surface area contributed by atoms with Crippen LogP contribution >= 0.6 is 0 Å². The molecule has 2 heteroatoms. The Morgan fingerprint density at radius 3 is 1.11 bits per heavy atom. The van der Waals surface area contributed by atoms with Gasteiger partial charge in [-0.15, -0.1) is 0 Å². The molecule has 0 unspecified atom stereocenters. The Bertz CT molecular complexity index is 884. The number of rotatable bonds is 5. The molecule has 27 heavy (non-hydrogen) atoms. The van der Waals surface area contributed by atoms with Crippen LogP contribution < -0.4 is 12.5 Å². The first kappa shape index (κ1) is 18.1. The summed E-state index contributed by atoms with van der Waals surface area (Å²) in [5, 5.41) is 9.50. The van der Waals surface area contributed by atoms with Gasteiger partial charge in [-0.1, -0.05) is 0 Å². The van der Waals surface area contributed by atoms with Crippen LogP contribution in [-0.4, -0.2) is 26.3 Å². The van der Waals surface area contributed by atoms with E-state index in [2.05, 4.69) is 115 Å². The van der Waals surface area contributed by atoms with Crippen molar-refractivity contribution >= 4 is 33.7 Å². The van der Waals surface area contributed by atoms with Crippen molar-refractivity contribution in [1.82, 2.24) is 0 Å². The summed E-state index contributed by atoms with van der Waals surface area (Å²) >= 11 is -3.62. The van der Waals surface area contributed by atoms with E-state index in [1.807, 2.05) is 0 Å². The summed E-state index contributed by atoms with van der Waals surface area (Å²) in [5.74, 6) is 0. The minimum absolute atomic E-state index is 0.0756. The second kappa shape index (κ2) is 8.19. The molecule has 0 aliphatic carbocycles. The van der Waals surface area contributed by atoms with Gasteiger partial charge >= 0.3 is 166 Å². The molecule has 0 heterocycles. The van der Waals surface area contributed by atoms with Gasteiger partial charge in [0.1, 0.15) is 0 Å². The third kappa shape index (κ3) is 3.37. The van der Waals surface area contributed by atoms with Crippen molar-refractivity contribution in [1.29, 1.82) is 0 Å². The summed E-state index contributed by atoms with van der Waals surface area (Å²) in [5.41, 5.74) is 0.954. The number of hydrogen-bond donors (Lipinski definition) is 1. The van der Waals surface area contributed by atoms with Crippen molar-refractivity contribution in [2.75, 3.05) is 0 Å². The van der Waals surface area contributed by atoms with E-state index in [0.717, 1.165) is 5.56 Å². The van der Waals surface area contributed by atoms with Gasteiger partial charge in [-0.05, 0) is 0 Å². The van der Waals surface area contributed by atoms with Crippen LogP contribution in [0.5, 0.6) is 0 Å². The van der Waals surface area contributed by atoms with Crippen molar-refractivity contribution in [2.45, 2.75) is 6.61 Å². The van der Waals surface area contributed by atoms with E-state index in [1.165, 1.54) is 12.5 Å². The molecule has 1 N–H and O–H groups in total. The molecular weight excluding hydrogens is 523 g/mol. The first-order valence-electron chi connectivity index (χ1n) is 9.22. The number of benzene rings is 4. The maximum atomic E-state index is 9.50. The topological polar surface area (TPSA) is 20.2 Å². The van der Waals surface area contributed by atoms with E-state index in [0.29, 0.717) is 0 Å². The van der Waals surface area contributed by atoms with E-state index in [1.54, 1.807) is 0 Å². The minimum atomic E-state index is -3.62. The van der Waals surface area contributed by atoms with Gasteiger partial charge in [-0.25, -0.2) is 0 Å². The van der Waals surface area contributed by atoms with Crippen LogP contribution in [0.3, 0.4) is 0 Å². The van der Waals surface area contributed by atoms with Crippen LogP contribution in [0, 0.1) is 0 Å². The summed E-state index contributed by atoms with van der Waals surface area (Å²) in [4.78, 5) is 0. The molecule has 4 aromatic carbocycles. The Labute approximate surface area is 165 Å². The Hall–Kier alpha value is -2.24. The summed E-state index contributed by atoms with van der Waals surface area (Å²) in [6.45, 7) is 0.0756. The SMILES string of the molecule is OCc1cc[c]([Pb]([c]2ccccc2)([c]2ccccc2)[c]2ccccc2)cc1. The molecule has 4 aromatic rings. The van der Waals surface area contributed by atoms with E-state index >= 15 is 0 Å². The van der Waals surface area contributed by atoms with Crippen molar-refractivity contribution in [3.05, 3.63) is 121 Å². The average molecular weight is 546 g/mol. The van der Waals surface area contributed by atoms with Crippen LogP contribution in [0.2, 0.25) is 0 Å². The first-order valence-corrected chi connectivity index (χ1v) is 17.0. The standard InChI is InChI=1S/C7H7O.3C6H5.Pb/c8-6-7-4-2-1-3-5-7;3*1-2-4-6-5-3-1;/h2-5,8H,6H2;3*1-5H;. The molecule has 4 rings (SSSR count). The monoisotopic (exact) mass is 546 g/mol. The summed E-state index contributed by atoms with van der Waals surface area (Å²) < 4.78 is 5.74. The Balaban J connectivity index is 2.09. The molecule has 0 aromatic heterocycles. The zero-order chi connectivity index (χ0) is 18.5. The molecule has 0 radical (unpaired) electrons. The molecule has 0 saturated carbocycles. The van der Waals surface area contributed by atoms with Crippen LogP contribution in [0.25, 0.3) is 0 Å². The van der Waals surface area contributed by atoms with Gasteiger partial charge in [-0.3, -0.25) is 0 Å². The van der Waals surface area contributed by atoms with E-state index in [-0.39, 0.29) is 6.61 Å². The predicted molar refractivity (Wildman–Crippen MR) is 116 cm³/mol. The van der Waals surface area contributed by atoms with Gasteiger partial charge < -0.3 is 0 Å². The fraction of sp³-hybridized carbons (Fsp3) is 0.0400. The maximum absolute atomic E-state index is 9.50. The zero-order valence-corrected chi connectivity index (χ0v) is 19.0. The second-order valence-electron chi connectivity index (χ2n) is 6.70. The zero-order valence-electron chi connectivity index (χ0n) is 15.1. The molecule has 0 atom stereocenters. The van der Waals surface area contributed by atoms with E-state index in [4.69, 9.17) is 0 Å². The van der Waals surface area contributed by atoms with Crippen molar-refractivity contribution in [3.63, 3.8) is 0 Å². The quantitative estimate of drug-likeness (QED) is 0.383. The molecule has 1 nitrogen and oxygen atoms in total. The fourth-order valence-electron chi connectivity index (χ4n) is 3.92. The molecule has 0 fully saturated rings. The number of hydrogen-bond acceptors (Lipinski definition) is 1. The average Bonchev–Trinajstić information content (AvgIpc) is 2.77. The summed E-state index contributed by atoms with van der Waals surface area (Å²) in [6, 6.07) is 41.5. The molecule has 0 bridgehead atoms. The van der Waals surface area contributed by atoms with Gasteiger partial charge in [0.2, 0.25) is 0 Å². The van der Waals surface area contributed by atoms with Gasteiger partial charge in [0.25, 0.3) is 0 Å². The third-order valence-corrected chi connectivity index (χ3v) is 23.8. The summed E-state index contributed by atoms with van der Waals surface area (Å²) in [7, 11) is 0. The van der Waals surface area contributed by atoms with Crippen LogP contribution in [-0.2, 0) is 6.61 Å². The van der Waals surface area contributed by atoms with Gasteiger partial charge in [-0.2, -0.15) is 0 Å². The number of aliphatic hydroxyl groups excluding tert-OH is 1. The van der Waals surface area contributed by atoms with Crippen LogP contribution in [0.4, 0.5) is 0 Å². The van der Waals surface area contributed by atoms with Gasteiger partial charge in [0, 0.05) is 0 Å². The van der Waals surface area contributed by atoms with Crippen molar-refractivity contribution in [2.24, 2.45) is 0 Å². The van der Waals surface area contributed by atoms with Crippen molar-refractivity contribution in [3.8, 4) is 0 Å². The molecule has 0 aliphatic rings. The Kier molecular flexibility index (Phi) is 5.51. The third-order valence-electron chi connectivity index (χ3n) is 5.19. The molecule has 132 valence electrons. The molecule has 0 saturated heterocycles. The van der Waals surface area contributed by atoms with Crippen molar-refractivity contribution < 1.29 is 5.11 Å².